The molecule has 5 heterocycles. The normalized spacial score (nSPS) is 12.8. The molecule has 0 amide bonds. The summed E-state index contributed by atoms with van der Waals surface area (Å²) < 4.78 is 80.8. The predicted molar refractivity (Wildman–Crippen MR) is 175 cm³/mol. The molecule has 0 aromatic carbocycles. The summed E-state index contributed by atoms with van der Waals surface area (Å²) in [6, 6.07) is 0. The third-order valence-electron chi connectivity index (χ3n) is 8.70. The van der Waals surface area contributed by atoms with Crippen LogP contribution in [0.2, 0.25) is 0 Å². The molecule has 0 aliphatic carbocycles. The molecular weight excluding hydrogens is 665 g/mol. The number of hydrogen-bond donors (Lipinski definition) is 6. The van der Waals surface area contributed by atoms with E-state index in [0.29, 0.717) is 39.8 Å². The Kier molecular flexibility index (Phi) is 9.22. The molecule has 0 unspecified atom stereocenters. The summed E-state index contributed by atoms with van der Waals surface area (Å²) in [7, 11) is -6.96. The number of H-pyrrole nitrogens is 4. The monoisotopic (exact) mass is 700 g/mol. The van der Waals surface area contributed by atoms with Crippen molar-refractivity contribution in [2.24, 2.45) is 0 Å². The molecule has 48 heavy (non-hydrogen) atoms. The van der Waals surface area contributed by atoms with Crippen LogP contribution in [0.1, 0.15) is 69.0 Å². The Hall–Kier alpha value is -4.64. The summed E-state index contributed by atoms with van der Waals surface area (Å²) >= 11 is 0. The van der Waals surface area contributed by atoms with Crippen molar-refractivity contribution >= 4 is 56.5 Å². The molecule has 5 rings (SSSR count). The van der Waals surface area contributed by atoms with Gasteiger partial charge in [-0.15, -0.1) is 0 Å². The van der Waals surface area contributed by atoms with Crippen LogP contribution in [-0.2, 0) is 52.1 Å². The molecule has 1 aliphatic rings. The van der Waals surface area contributed by atoms with Crippen molar-refractivity contribution in [1.29, 1.82) is 0 Å². The number of ether oxygens (including phenoxy) is 2. The van der Waals surface area contributed by atoms with Gasteiger partial charge < -0.3 is 29.4 Å². The summed E-state index contributed by atoms with van der Waals surface area (Å²) in [5.41, 5.74) is 4.66. The molecule has 0 fully saturated rings. The number of hydrogen-bond acceptors (Lipinski definition) is 8. The molecule has 14 nitrogen and oxygen atoms in total. The van der Waals surface area contributed by atoms with Crippen molar-refractivity contribution in [3.8, 4) is 0 Å². The Morgan fingerprint density at radius 1 is 0.562 bits per heavy atom. The number of fused-ring (bicyclic) bond motifs is 8. The largest absolute Gasteiger partial charge is 0.469 e. The number of rotatable bonds is 8. The third-order valence-corrected chi connectivity index (χ3v) is 10.8. The molecule has 8 bridgehead atoms. The SMILES string of the molecule is COC(=O)CCc1c2[nH]c(c1C)C=c1[nH]c(c(C)c1S(=O)(=O)O)=Cc1[nH]c(c(C)c1S(=O)(=O)O)C=c1[nH]c(c(CCC(=O)OC)c1C)=C2. The van der Waals surface area contributed by atoms with Crippen LogP contribution in [0.25, 0.3) is 24.3 Å². The highest BCUT2D eigenvalue weighted by atomic mass is 32.2. The molecule has 0 radical (unpaired) electrons. The molecule has 6 N–H and O–H groups in total. The molecule has 4 aromatic rings. The molecule has 256 valence electrons. The molecule has 0 spiro atoms. The second-order valence-corrected chi connectivity index (χ2v) is 14.3. The second kappa shape index (κ2) is 12.8. The van der Waals surface area contributed by atoms with Gasteiger partial charge in [-0.3, -0.25) is 18.7 Å². The smallest absolute Gasteiger partial charge is 0.305 e. The highest BCUT2D eigenvalue weighted by molar-refractivity contribution is 7.86. The zero-order valence-corrected chi connectivity index (χ0v) is 28.7. The summed E-state index contributed by atoms with van der Waals surface area (Å²) in [5.74, 6) is -0.833. The fraction of sp³-hybridized carbons (Fsp3) is 0.312. The summed E-state index contributed by atoms with van der Waals surface area (Å²) in [4.78, 5) is 36.2. The number of carbonyl (C=O) groups excluding carboxylic acids is 2. The van der Waals surface area contributed by atoms with Gasteiger partial charge in [-0.05, 0) is 98.2 Å². The van der Waals surface area contributed by atoms with Gasteiger partial charge in [-0.25, -0.2) is 0 Å². The average molecular weight is 701 g/mol. The Balaban J connectivity index is 1.96. The van der Waals surface area contributed by atoms with Crippen molar-refractivity contribution in [1.82, 2.24) is 19.9 Å². The first-order valence-electron chi connectivity index (χ1n) is 14.8. The standard InChI is InChI=1S/C32H36N4O10S2/c1-15-19(7-9-29(37)45-5)25-14-26-20(8-10-30(38)46-6)16(2)22(34-26)12-27-32(48(42,43)44)18(4)24(36-27)13-28-31(47(39,40)41)17(3)23(35-28)11-21(15)33-25/h11-14,33-36H,7-10H2,1-6H3,(H,39,40,41)(H,42,43,44). The lowest BCUT2D eigenvalue weighted by Gasteiger charge is -2.03. The van der Waals surface area contributed by atoms with E-state index in [1.54, 1.807) is 13.0 Å². The second-order valence-electron chi connectivity index (χ2n) is 11.6. The van der Waals surface area contributed by atoms with Crippen LogP contribution in [0.15, 0.2) is 9.79 Å². The maximum absolute atomic E-state index is 12.7. The average Bonchev–Trinajstić information content (AvgIpc) is 3.67. The van der Waals surface area contributed by atoms with Crippen LogP contribution in [-0.4, -0.2) is 72.0 Å². The van der Waals surface area contributed by atoms with Crippen LogP contribution in [0.4, 0.5) is 0 Å². The van der Waals surface area contributed by atoms with E-state index in [1.165, 1.54) is 40.2 Å². The first-order chi connectivity index (χ1) is 22.4. The Morgan fingerprint density at radius 2 is 1.02 bits per heavy atom. The topological polar surface area (TPSA) is 224 Å². The van der Waals surface area contributed by atoms with Crippen molar-refractivity contribution < 1.29 is 45.0 Å². The van der Waals surface area contributed by atoms with Crippen LogP contribution in [0.5, 0.6) is 0 Å². The van der Waals surface area contributed by atoms with Crippen molar-refractivity contribution in [3.05, 3.63) is 77.6 Å². The third kappa shape index (κ3) is 6.56. The summed E-state index contributed by atoms with van der Waals surface area (Å²) in [6.07, 6.45) is 7.06. The van der Waals surface area contributed by atoms with E-state index in [9.17, 15) is 35.5 Å². The minimum Gasteiger partial charge on any atom is -0.469 e. The lowest BCUT2D eigenvalue weighted by Crippen LogP contribution is -2.15. The Bertz CT molecular complexity index is 2460. The van der Waals surface area contributed by atoms with Gasteiger partial charge in [-0.2, -0.15) is 16.8 Å². The number of aromatic nitrogens is 4. The van der Waals surface area contributed by atoms with Crippen molar-refractivity contribution in [3.63, 3.8) is 0 Å². The lowest BCUT2D eigenvalue weighted by atomic mass is 10.0. The minimum atomic E-state index is -4.79. The van der Waals surface area contributed by atoms with Gasteiger partial charge in [0.1, 0.15) is 9.79 Å². The van der Waals surface area contributed by atoms with Gasteiger partial charge in [0.15, 0.2) is 0 Å². The first kappa shape index (κ1) is 34.7. The van der Waals surface area contributed by atoms with Crippen LogP contribution < -0.4 is 21.4 Å². The maximum Gasteiger partial charge on any atom is 0.305 e. The molecular formula is C32H36N4O10S2. The summed E-state index contributed by atoms with van der Waals surface area (Å²) in [5, 5.41) is 1.36. The van der Waals surface area contributed by atoms with Crippen LogP contribution in [0.3, 0.4) is 0 Å². The van der Waals surface area contributed by atoms with E-state index < -0.39 is 42.0 Å². The predicted octanol–water partition coefficient (Wildman–Crippen LogP) is 0.566. The van der Waals surface area contributed by atoms with Gasteiger partial charge in [-0.1, -0.05) is 0 Å². The summed E-state index contributed by atoms with van der Waals surface area (Å²) in [6.45, 7) is 6.62. The van der Waals surface area contributed by atoms with Gasteiger partial charge in [0.25, 0.3) is 20.2 Å². The first-order valence-corrected chi connectivity index (χ1v) is 17.7. The molecule has 16 heteroatoms. The fourth-order valence-electron chi connectivity index (χ4n) is 6.17. The zero-order chi connectivity index (χ0) is 35.3. The molecule has 0 saturated heterocycles. The number of methoxy groups -OCH3 is 2. The maximum atomic E-state index is 12.7. The fourth-order valence-corrected chi connectivity index (χ4v) is 7.94. The van der Waals surface area contributed by atoms with E-state index in [-0.39, 0.29) is 46.8 Å². The molecule has 4 aromatic heterocycles. The highest BCUT2D eigenvalue weighted by Crippen LogP contribution is 2.26. The van der Waals surface area contributed by atoms with E-state index in [4.69, 9.17) is 9.47 Å². The highest BCUT2D eigenvalue weighted by Gasteiger charge is 2.25. The van der Waals surface area contributed by atoms with Crippen LogP contribution >= 0.6 is 0 Å². The Labute approximate surface area is 275 Å². The Morgan fingerprint density at radius 3 is 1.60 bits per heavy atom. The van der Waals surface area contributed by atoms with Gasteiger partial charge in [0.05, 0.1) is 25.3 Å². The number of nitrogens with one attached hydrogen (secondary N) is 4. The van der Waals surface area contributed by atoms with E-state index in [1.807, 2.05) is 13.0 Å². The van der Waals surface area contributed by atoms with Gasteiger partial charge in [0.2, 0.25) is 0 Å². The quantitative estimate of drug-likeness (QED) is 0.0975. The molecule has 0 atom stereocenters. The van der Waals surface area contributed by atoms with Crippen molar-refractivity contribution in [2.45, 2.75) is 63.2 Å². The molecule has 0 saturated carbocycles. The minimum absolute atomic E-state index is 0.00371. The van der Waals surface area contributed by atoms with Gasteiger partial charge in [0, 0.05) is 46.0 Å². The van der Waals surface area contributed by atoms with Crippen molar-refractivity contribution in [2.75, 3.05) is 14.2 Å². The van der Waals surface area contributed by atoms with Gasteiger partial charge >= 0.3 is 11.9 Å². The van der Waals surface area contributed by atoms with E-state index in [2.05, 4.69) is 19.9 Å². The van der Waals surface area contributed by atoms with E-state index >= 15 is 0 Å². The number of esters is 2. The number of aromatic amines is 4. The zero-order valence-electron chi connectivity index (χ0n) is 27.1. The van der Waals surface area contributed by atoms with Crippen LogP contribution in [0, 0.1) is 27.7 Å². The lowest BCUT2D eigenvalue weighted by molar-refractivity contribution is -0.141. The van der Waals surface area contributed by atoms with E-state index in [0.717, 1.165) is 16.7 Å². The molecule has 1 aliphatic heterocycles. The number of carbonyl (C=O) groups is 2.